The van der Waals surface area contributed by atoms with Gasteiger partial charge in [0.05, 0.1) is 11.3 Å². The first-order valence-corrected chi connectivity index (χ1v) is 6.48. The Morgan fingerprint density at radius 3 is 2.80 bits per heavy atom. The molecule has 0 unspecified atom stereocenters. The SMILES string of the molecule is Cc1cc(CN(C)CCc2ccccc2C(=O)O)no1. The lowest BCUT2D eigenvalue weighted by Crippen LogP contribution is -2.21. The van der Waals surface area contributed by atoms with E-state index in [1.165, 1.54) is 0 Å². The molecular formula is C15H18N2O3. The molecule has 5 nitrogen and oxygen atoms in total. The fourth-order valence-electron chi connectivity index (χ4n) is 2.11. The van der Waals surface area contributed by atoms with Crippen LogP contribution in [0, 0.1) is 6.92 Å². The van der Waals surface area contributed by atoms with E-state index < -0.39 is 5.97 Å². The zero-order chi connectivity index (χ0) is 14.5. The summed E-state index contributed by atoms with van der Waals surface area (Å²) in [5.41, 5.74) is 2.11. The summed E-state index contributed by atoms with van der Waals surface area (Å²) in [6, 6.07) is 9.01. The van der Waals surface area contributed by atoms with Gasteiger partial charge < -0.3 is 14.5 Å². The Morgan fingerprint density at radius 2 is 2.15 bits per heavy atom. The lowest BCUT2D eigenvalue weighted by Gasteiger charge is -2.15. The van der Waals surface area contributed by atoms with Gasteiger partial charge in [-0.05, 0) is 32.0 Å². The van der Waals surface area contributed by atoms with E-state index >= 15 is 0 Å². The molecule has 0 spiro atoms. The normalized spacial score (nSPS) is 10.9. The summed E-state index contributed by atoms with van der Waals surface area (Å²) >= 11 is 0. The number of hydrogen-bond acceptors (Lipinski definition) is 4. The van der Waals surface area contributed by atoms with Crippen molar-refractivity contribution in [1.29, 1.82) is 0 Å². The van der Waals surface area contributed by atoms with E-state index in [0.717, 1.165) is 23.6 Å². The van der Waals surface area contributed by atoms with Crippen molar-refractivity contribution < 1.29 is 14.4 Å². The second-order valence-electron chi connectivity index (χ2n) is 4.88. The van der Waals surface area contributed by atoms with E-state index in [0.29, 0.717) is 18.5 Å². The van der Waals surface area contributed by atoms with Gasteiger partial charge in [0.25, 0.3) is 0 Å². The maximum Gasteiger partial charge on any atom is 0.335 e. The van der Waals surface area contributed by atoms with E-state index in [9.17, 15) is 4.79 Å². The molecule has 0 aliphatic heterocycles. The molecule has 2 aromatic rings. The molecule has 0 radical (unpaired) electrons. The van der Waals surface area contributed by atoms with Crippen LogP contribution in [0.4, 0.5) is 0 Å². The smallest absolute Gasteiger partial charge is 0.335 e. The molecule has 0 aliphatic carbocycles. The Hall–Kier alpha value is -2.14. The Morgan fingerprint density at radius 1 is 1.40 bits per heavy atom. The molecule has 20 heavy (non-hydrogen) atoms. The van der Waals surface area contributed by atoms with Gasteiger partial charge in [-0.25, -0.2) is 4.79 Å². The molecule has 1 aromatic heterocycles. The molecular weight excluding hydrogens is 256 g/mol. The Labute approximate surface area is 117 Å². The second-order valence-corrected chi connectivity index (χ2v) is 4.88. The number of rotatable bonds is 6. The van der Waals surface area contributed by atoms with E-state index in [1.54, 1.807) is 12.1 Å². The summed E-state index contributed by atoms with van der Waals surface area (Å²) in [7, 11) is 1.98. The number of likely N-dealkylation sites (N-methyl/N-ethyl adjacent to an activating group) is 1. The summed E-state index contributed by atoms with van der Waals surface area (Å²) in [4.78, 5) is 13.2. The number of carboxylic acid groups (broad SMARTS) is 1. The van der Waals surface area contributed by atoms with Crippen LogP contribution in [0.2, 0.25) is 0 Å². The predicted molar refractivity (Wildman–Crippen MR) is 74.7 cm³/mol. The van der Waals surface area contributed by atoms with Crippen LogP contribution < -0.4 is 0 Å². The van der Waals surface area contributed by atoms with E-state index in [2.05, 4.69) is 10.1 Å². The van der Waals surface area contributed by atoms with Gasteiger partial charge in [0.1, 0.15) is 5.76 Å². The minimum Gasteiger partial charge on any atom is -0.478 e. The van der Waals surface area contributed by atoms with Gasteiger partial charge in [-0.1, -0.05) is 23.4 Å². The van der Waals surface area contributed by atoms with E-state index in [-0.39, 0.29) is 0 Å². The minimum atomic E-state index is -0.879. The van der Waals surface area contributed by atoms with Gasteiger partial charge in [-0.2, -0.15) is 0 Å². The monoisotopic (exact) mass is 274 g/mol. The summed E-state index contributed by atoms with van der Waals surface area (Å²) < 4.78 is 5.02. The van der Waals surface area contributed by atoms with Gasteiger partial charge in [0.15, 0.2) is 0 Å². The van der Waals surface area contributed by atoms with Crippen LogP contribution in [-0.4, -0.2) is 34.7 Å². The number of aromatic carboxylic acids is 1. The first-order chi connectivity index (χ1) is 9.56. The van der Waals surface area contributed by atoms with Crippen molar-refractivity contribution in [2.45, 2.75) is 19.9 Å². The van der Waals surface area contributed by atoms with E-state index in [1.807, 2.05) is 32.2 Å². The number of aromatic nitrogens is 1. The summed E-state index contributed by atoms with van der Waals surface area (Å²) in [5, 5.41) is 13.1. The van der Waals surface area contributed by atoms with Crippen LogP contribution in [0.15, 0.2) is 34.9 Å². The molecule has 0 amide bonds. The van der Waals surface area contributed by atoms with E-state index in [4.69, 9.17) is 9.63 Å². The number of aryl methyl sites for hydroxylation is 1. The highest BCUT2D eigenvalue weighted by molar-refractivity contribution is 5.89. The van der Waals surface area contributed by atoms with Crippen molar-refractivity contribution in [3.8, 4) is 0 Å². The van der Waals surface area contributed by atoms with Crippen LogP contribution in [0.1, 0.15) is 27.4 Å². The van der Waals surface area contributed by atoms with Gasteiger partial charge >= 0.3 is 5.97 Å². The maximum absolute atomic E-state index is 11.1. The number of carboxylic acids is 1. The number of nitrogens with zero attached hydrogens (tertiary/aromatic N) is 2. The number of hydrogen-bond donors (Lipinski definition) is 1. The highest BCUT2D eigenvalue weighted by Gasteiger charge is 2.10. The van der Waals surface area contributed by atoms with Gasteiger partial charge in [0, 0.05) is 19.2 Å². The highest BCUT2D eigenvalue weighted by atomic mass is 16.5. The van der Waals surface area contributed by atoms with Crippen LogP contribution >= 0.6 is 0 Å². The Kier molecular flexibility index (Phi) is 4.53. The average Bonchev–Trinajstić information content (AvgIpc) is 2.82. The third kappa shape index (κ3) is 3.68. The zero-order valence-corrected chi connectivity index (χ0v) is 11.7. The van der Waals surface area contributed by atoms with Gasteiger partial charge in [-0.3, -0.25) is 0 Å². The molecule has 2 rings (SSSR count). The summed E-state index contributed by atoms with van der Waals surface area (Å²) in [6.45, 7) is 3.31. The van der Waals surface area contributed by atoms with Gasteiger partial charge in [-0.15, -0.1) is 0 Å². The molecule has 5 heteroatoms. The standard InChI is InChI=1S/C15H18N2O3/c1-11-9-13(16-20-11)10-17(2)8-7-12-5-3-4-6-14(12)15(18)19/h3-6,9H,7-8,10H2,1-2H3,(H,18,19). The quantitative estimate of drug-likeness (QED) is 0.876. The fraction of sp³-hybridized carbons (Fsp3) is 0.333. The van der Waals surface area contributed by atoms with Crippen LogP contribution in [-0.2, 0) is 13.0 Å². The van der Waals surface area contributed by atoms with Crippen LogP contribution in [0.25, 0.3) is 0 Å². The first-order valence-electron chi connectivity index (χ1n) is 6.48. The molecule has 1 aromatic carbocycles. The molecule has 0 fully saturated rings. The van der Waals surface area contributed by atoms with Crippen molar-refractivity contribution in [1.82, 2.24) is 10.1 Å². The number of carbonyl (C=O) groups is 1. The number of benzene rings is 1. The predicted octanol–water partition coefficient (Wildman–Crippen LogP) is 2.36. The molecule has 1 N–H and O–H groups in total. The van der Waals surface area contributed by atoms with Crippen molar-refractivity contribution >= 4 is 5.97 Å². The molecule has 0 aliphatic rings. The van der Waals surface area contributed by atoms with Crippen molar-refractivity contribution in [3.05, 3.63) is 52.9 Å². The lowest BCUT2D eigenvalue weighted by atomic mass is 10.0. The third-order valence-electron chi connectivity index (χ3n) is 3.12. The summed E-state index contributed by atoms with van der Waals surface area (Å²) in [6.07, 6.45) is 0.690. The second kappa shape index (κ2) is 6.34. The topological polar surface area (TPSA) is 66.6 Å². The average molecular weight is 274 g/mol. The van der Waals surface area contributed by atoms with Crippen LogP contribution in [0.5, 0.6) is 0 Å². The van der Waals surface area contributed by atoms with Crippen molar-refractivity contribution in [2.24, 2.45) is 0 Å². The molecule has 0 atom stereocenters. The first kappa shape index (κ1) is 14.3. The summed E-state index contributed by atoms with van der Waals surface area (Å²) in [5.74, 6) is -0.0833. The van der Waals surface area contributed by atoms with Crippen LogP contribution in [0.3, 0.4) is 0 Å². The zero-order valence-electron chi connectivity index (χ0n) is 11.7. The van der Waals surface area contributed by atoms with Gasteiger partial charge in [0.2, 0.25) is 0 Å². The molecule has 1 heterocycles. The largest absolute Gasteiger partial charge is 0.478 e. The van der Waals surface area contributed by atoms with Crippen molar-refractivity contribution in [2.75, 3.05) is 13.6 Å². The minimum absolute atomic E-state index is 0.373. The molecule has 0 bridgehead atoms. The van der Waals surface area contributed by atoms with Crippen molar-refractivity contribution in [3.63, 3.8) is 0 Å². The highest BCUT2D eigenvalue weighted by Crippen LogP contribution is 2.11. The molecule has 0 saturated carbocycles. The fourth-order valence-corrected chi connectivity index (χ4v) is 2.11. The molecule has 106 valence electrons. The Balaban J connectivity index is 1.93. The molecule has 0 saturated heterocycles. The third-order valence-corrected chi connectivity index (χ3v) is 3.12. The maximum atomic E-state index is 11.1. The lowest BCUT2D eigenvalue weighted by molar-refractivity contribution is 0.0695. The Bertz CT molecular complexity index is 592.